The van der Waals surface area contributed by atoms with Crippen molar-refractivity contribution in [1.82, 2.24) is 14.7 Å². The van der Waals surface area contributed by atoms with E-state index in [1.165, 1.54) is 17.3 Å². The first-order valence-electron chi connectivity index (χ1n) is 8.52. The van der Waals surface area contributed by atoms with E-state index in [4.69, 9.17) is 0 Å². The number of hydrogen-bond donors (Lipinski definition) is 0. The molecule has 0 aliphatic heterocycles. The molecule has 0 amide bonds. The second-order valence-corrected chi connectivity index (χ2v) is 6.57. The van der Waals surface area contributed by atoms with E-state index in [1.54, 1.807) is 22.5 Å². The average molecular weight is 389 g/mol. The van der Waals surface area contributed by atoms with Gasteiger partial charge in [0.2, 0.25) is 0 Å². The van der Waals surface area contributed by atoms with Crippen LogP contribution in [0.4, 0.5) is 0 Å². The standard InChI is InChI=1S/C16H36N3.Sn/c1-8-15-16(17(9-2)10-3,18(11-4)12-5)19(13-6)14-7;/h1,8-15H2,2-7H3;. The molecule has 3 radical (unpaired) electrons. The Labute approximate surface area is 141 Å². The molecule has 0 aliphatic rings. The van der Waals surface area contributed by atoms with Gasteiger partial charge in [-0.25, -0.2) is 0 Å². The maximum absolute atomic E-state index is 2.68. The molecule has 4 heteroatoms. The summed E-state index contributed by atoms with van der Waals surface area (Å²) in [5, 5.41) is 0. The number of hydrogen-bond acceptors (Lipinski definition) is 3. The third-order valence-electron chi connectivity index (χ3n) is 4.50. The second-order valence-electron chi connectivity index (χ2n) is 5.14. The molecule has 0 spiro atoms. The average Bonchev–Trinajstić information content (AvgIpc) is 2.48. The zero-order valence-electron chi connectivity index (χ0n) is 14.7. The molecule has 0 saturated carbocycles. The van der Waals surface area contributed by atoms with E-state index in [0.717, 1.165) is 39.3 Å². The molecule has 119 valence electrons. The van der Waals surface area contributed by atoms with Gasteiger partial charge in [0.1, 0.15) is 0 Å². The third kappa shape index (κ3) is 4.59. The molecule has 0 fully saturated rings. The Bertz CT molecular complexity index is 192. The minimum absolute atomic E-state index is 0.118. The van der Waals surface area contributed by atoms with Crippen LogP contribution < -0.4 is 0 Å². The molecule has 0 atom stereocenters. The Balaban J connectivity index is 5.70. The summed E-state index contributed by atoms with van der Waals surface area (Å²) in [5.41, 5.74) is 0. The van der Waals surface area contributed by atoms with Crippen molar-refractivity contribution in [2.75, 3.05) is 39.3 Å². The summed E-state index contributed by atoms with van der Waals surface area (Å²) in [5.74, 6) is 0.118. The summed E-state index contributed by atoms with van der Waals surface area (Å²) in [6.45, 7) is 20.6. The van der Waals surface area contributed by atoms with E-state index in [-0.39, 0.29) is 5.79 Å². The SMILES string of the molecule is CCN(CC)C(CC[CH2][Sn])(N(CC)CC)N(CC)CC. The molecule has 0 aromatic rings. The van der Waals surface area contributed by atoms with Crippen molar-refractivity contribution in [3.8, 4) is 0 Å². The van der Waals surface area contributed by atoms with E-state index in [1.807, 2.05) is 0 Å². The van der Waals surface area contributed by atoms with Crippen LogP contribution in [0.2, 0.25) is 4.44 Å². The summed E-state index contributed by atoms with van der Waals surface area (Å²) >= 11 is 1.67. The van der Waals surface area contributed by atoms with Crippen molar-refractivity contribution in [2.24, 2.45) is 0 Å². The van der Waals surface area contributed by atoms with Crippen LogP contribution in [-0.2, 0) is 0 Å². The summed E-state index contributed by atoms with van der Waals surface area (Å²) in [6, 6.07) is 0. The number of rotatable bonds is 12. The van der Waals surface area contributed by atoms with Crippen molar-refractivity contribution < 1.29 is 0 Å². The predicted molar refractivity (Wildman–Crippen MR) is 91.3 cm³/mol. The molecule has 0 aliphatic carbocycles. The quantitative estimate of drug-likeness (QED) is 0.375. The van der Waals surface area contributed by atoms with E-state index in [2.05, 4.69) is 56.2 Å². The number of nitrogens with zero attached hydrogens (tertiary/aromatic N) is 3. The topological polar surface area (TPSA) is 9.72 Å². The van der Waals surface area contributed by atoms with Crippen LogP contribution >= 0.6 is 0 Å². The summed E-state index contributed by atoms with van der Waals surface area (Å²) in [6.07, 6.45) is 2.60. The fourth-order valence-corrected chi connectivity index (χ4v) is 4.09. The van der Waals surface area contributed by atoms with E-state index >= 15 is 0 Å². The van der Waals surface area contributed by atoms with Gasteiger partial charge < -0.3 is 0 Å². The van der Waals surface area contributed by atoms with Gasteiger partial charge in [-0.1, -0.05) is 0 Å². The molecule has 0 aromatic carbocycles. The van der Waals surface area contributed by atoms with Crippen molar-refractivity contribution in [3.63, 3.8) is 0 Å². The van der Waals surface area contributed by atoms with Gasteiger partial charge >= 0.3 is 141 Å². The zero-order chi connectivity index (χ0) is 15.6. The molecular weight excluding hydrogens is 353 g/mol. The molecule has 0 bridgehead atoms. The van der Waals surface area contributed by atoms with Crippen LogP contribution in [0.5, 0.6) is 0 Å². The molecule has 20 heavy (non-hydrogen) atoms. The molecule has 0 heterocycles. The molecule has 3 nitrogen and oxygen atoms in total. The van der Waals surface area contributed by atoms with Crippen LogP contribution in [0.3, 0.4) is 0 Å². The Morgan fingerprint density at radius 1 is 0.650 bits per heavy atom. The Hall–Kier alpha value is 0.679. The van der Waals surface area contributed by atoms with Gasteiger partial charge in [0, 0.05) is 0 Å². The van der Waals surface area contributed by atoms with Gasteiger partial charge in [0.25, 0.3) is 0 Å². The summed E-state index contributed by atoms with van der Waals surface area (Å²) in [7, 11) is 0. The first kappa shape index (κ1) is 20.7. The normalized spacial score (nSPS) is 12.9. The van der Waals surface area contributed by atoms with Crippen LogP contribution in [0.1, 0.15) is 54.4 Å². The molecular formula is C16H36N3Sn. The van der Waals surface area contributed by atoms with Crippen LogP contribution in [0.25, 0.3) is 0 Å². The summed E-state index contributed by atoms with van der Waals surface area (Å²) < 4.78 is 1.36. The van der Waals surface area contributed by atoms with Gasteiger partial charge in [-0.3, -0.25) is 0 Å². The second kappa shape index (κ2) is 11.3. The predicted octanol–water partition coefficient (Wildman–Crippen LogP) is 3.03. The molecule has 0 aromatic heterocycles. The molecule has 0 rings (SSSR count). The van der Waals surface area contributed by atoms with Crippen molar-refractivity contribution in [2.45, 2.75) is 64.6 Å². The molecule has 0 unspecified atom stereocenters. The minimum atomic E-state index is 0.118. The van der Waals surface area contributed by atoms with Gasteiger partial charge in [0.15, 0.2) is 0 Å². The van der Waals surface area contributed by atoms with Crippen LogP contribution in [-0.4, -0.2) is 82.3 Å². The Morgan fingerprint density at radius 3 is 1.15 bits per heavy atom. The van der Waals surface area contributed by atoms with Gasteiger partial charge in [0.05, 0.1) is 0 Å². The first-order valence-corrected chi connectivity index (χ1v) is 10.5. The third-order valence-corrected chi connectivity index (χ3v) is 5.51. The van der Waals surface area contributed by atoms with Gasteiger partial charge in [-0.05, 0) is 0 Å². The Morgan fingerprint density at radius 2 is 0.950 bits per heavy atom. The zero-order valence-corrected chi connectivity index (χ0v) is 17.6. The van der Waals surface area contributed by atoms with Gasteiger partial charge in [-0.15, -0.1) is 0 Å². The molecule has 0 N–H and O–H groups in total. The maximum atomic E-state index is 2.68. The summed E-state index contributed by atoms with van der Waals surface area (Å²) in [4.78, 5) is 8.04. The fourth-order valence-electron chi connectivity index (χ4n) is 3.59. The fraction of sp³-hybridized carbons (Fsp3) is 1.00. The molecule has 0 saturated heterocycles. The van der Waals surface area contributed by atoms with Gasteiger partial charge in [-0.2, -0.15) is 0 Å². The van der Waals surface area contributed by atoms with E-state index in [9.17, 15) is 0 Å². The van der Waals surface area contributed by atoms with Crippen molar-refractivity contribution in [3.05, 3.63) is 0 Å². The van der Waals surface area contributed by atoms with E-state index in [0.29, 0.717) is 0 Å². The van der Waals surface area contributed by atoms with Crippen LogP contribution in [0.15, 0.2) is 0 Å². The Kier molecular flexibility index (Phi) is 11.7. The van der Waals surface area contributed by atoms with Crippen LogP contribution in [0, 0.1) is 0 Å². The first-order chi connectivity index (χ1) is 9.62. The van der Waals surface area contributed by atoms with E-state index < -0.39 is 0 Å². The van der Waals surface area contributed by atoms with Crippen molar-refractivity contribution >= 4 is 22.5 Å². The monoisotopic (exact) mass is 390 g/mol. The van der Waals surface area contributed by atoms with Crippen molar-refractivity contribution in [1.29, 1.82) is 0 Å².